The van der Waals surface area contributed by atoms with Crippen molar-refractivity contribution < 1.29 is 4.92 Å². The van der Waals surface area contributed by atoms with Gasteiger partial charge < -0.3 is 11.1 Å². The van der Waals surface area contributed by atoms with Crippen molar-refractivity contribution in [3.63, 3.8) is 0 Å². The van der Waals surface area contributed by atoms with Crippen LogP contribution in [0, 0.1) is 10.1 Å². The molecule has 0 aromatic carbocycles. The lowest BCUT2D eigenvalue weighted by atomic mass is 10.0. The summed E-state index contributed by atoms with van der Waals surface area (Å²) in [6.07, 6.45) is 1.00. The van der Waals surface area contributed by atoms with E-state index in [9.17, 15) is 10.1 Å². The molecule has 1 aromatic rings. The predicted octanol–water partition coefficient (Wildman–Crippen LogP) is 0.606. The zero-order chi connectivity index (χ0) is 10.1. The van der Waals surface area contributed by atoms with Gasteiger partial charge in [0.15, 0.2) is 0 Å². The van der Waals surface area contributed by atoms with Crippen molar-refractivity contribution in [3.05, 3.63) is 27.9 Å². The van der Waals surface area contributed by atoms with Crippen molar-refractivity contribution in [2.75, 3.05) is 12.3 Å². The number of rotatable bonds is 2. The number of nitro groups is 1. The van der Waals surface area contributed by atoms with Crippen LogP contribution >= 0.6 is 0 Å². The molecule has 0 saturated carbocycles. The fourth-order valence-electron chi connectivity index (χ4n) is 1.37. The van der Waals surface area contributed by atoms with Gasteiger partial charge in [-0.15, -0.1) is 0 Å². The van der Waals surface area contributed by atoms with E-state index in [0.717, 1.165) is 18.7 Å². The molecule has 0 aliphatic carbocycles. The van der Waals surface area contributed by atoms with Crippen LogP contribution < -0.4 is 11.1 Å². The molecule has 1 aromatic heterocycles. The lowest BCUT2D eigenvalue weighted by molar-refractivity contribution is -0.384. The second kappa shape index (κ2) is 3.22. The lowest BCUT2D eigenvalue weighted by Gasteiger charge is -2.26. The molecule has 2 rings (SSSR count). The van der Waals surface area contributed by atoms with Crippen molar-refractivity contribution in [2.24, 2.45) is 0 Å². The highest BCUT2D eigenvalue weighted by Gasteiger charge is 2.22. The fraction of sp³-hybridized carbons (Fsp3) is 0.375. The molecule has 3 N–H and O–H groups in total. The van der Waals surface area contributed by atoms with Crippen LogP contribution in [-0.4, -0.2) is 16.5 Å². The first-order chi connectivity index (χ1) is 6.68. The third-order valence-electron chi connectivity index (χ3n) is 2.30. The molecule has 14 heavy (non-hydrogen) atoms. The molecule has 2 heterocycles. The summed E-state index contributed by atoms with van der Waals surface area (Å²) < 4.78 is 0. The summed E-state index contributed by atoms with van der Waals surface area (Å²) >= 11 is 0. The van der Waals surface area contributed by atoms with E-state index in [1.165, 1.54) is 6.07 Å². The van der Waals surface area contributed by atoms with Crippen LogP contribution in [0.3, 0.4) is 0 Å². The van der Waals surface area contributed by atoms with Crippen molar-refractivity contribution >= 4 is 11.5 Å². The average Bonchev–Trinajstić information content (AvgIpc) is 2.00. The number of pyridine rings is 1. The van der Waals surface area contributed by atoms with Crippen molar-refractivity contribution in [2.45, 2.75) is 12.5 Å². The number of anilines is 1. The monoisotopic (exact) mass is 194 g/mol. The highest BCUT2D eigenvalue weighted by Crippen LogP contribution is 2.25. The number of hydrogen-bond acceptors (Lipinski definition) is 5. The van der Waals surface area contributed by atoms with Crippen LogP contribution in [-0.2, 0) is 0 Å². The number of hydrogen-bond donors (Lipinski definition) is 2. The molecule has 1 fully saturated rings. The van der Waals surface area contributed by atoms with E-state index >= 15 is 0 Å². The molecule has 0 spiro atoms. The van der Waals surface area contributed by atoms with Crippen LogP contribution in [0.2, 0.25) is 0 Å². The van der Waals surface area contributed by atoms with Gasteiger partial charge in [0.25, 0.3) is 0 Å². The van der Waals surface area contributed by atoms with E-state index in [-0.39, 0.29) is 17.5 Å². The molecule has 6 heteroatoms. The number of nitrogens with two attached hydrogens (primary N) is 1. The number of nitrogen functional groups attached to an aromatic ring is 1. The Morgan fingerprint density at radius 2 is 2.36 bits per heavy atom. The summed E-state index contributed by atoms with van der Waals surface area (Å²) in [7, 11) is 0. The summed E-state index contributed by atoms with van der Waals surface area (Å²) in [4.78, 5) is 13.9. The van der Waals surface area contributed by atoms with Gasteiger partial charge in [-0.1, -0.05) is 0 Å². The normalized spacial score (nSPS) is 20.1. The van der Waals surface area contributed by atoms with Gasteiger partial charge in [0.1, 0.15) is 0 Å². The van der Waals surface area contributed by atoms with Gasteiger partial charge in [-0.05, 0) is 19.0 Å². The summed E-state index contributed by atoms with van der Waals surface area (Å²) in [6.45, 7) is 0.962. The maximum atomic E-state index is 10.5. The first-order valence-electron chi connectivity index (χ1n) is 4.32. The van der Waals surface area contributed by atoms with Crippen LogP contribution in [0.5, 0.6) is 0 Å². The molecule has 0 bridgehead atoms. The quantitative estimate of drug-likeness (QED) is 0.531. The third-order valence-corrected chi connectivity index (χ3v) is 2.30. The first kappa shape index (κ1) is 8.89. The standard InChI is InChI=1S/C8H10N4O2/c9-8-7(12(13)14)2-1-6(11-8)5-3-4-10-5/h1-2,5,10H,3-4H2,(H2,9,11)/t5-/m0/s1. The molecule has 1 aliphatic rings. The third kappa shape index (κ3) is 1.39. The Kier molecular flexibility index (Phi) is 2.05. The zero-order valence-corrected chi connectivity index (χ0v) is 7.43. The zero-order valence-electron chi connectivity index (χ0n) is 7.43. The van der Waals surface area contributed by atoms with Gasteiger partial charge in [-0.2, -0.15) is 0 Å². The second-order valence-corrected chi connectivity index (χ2v) is 3.19. The van der Waals surface area contributed by atoms with Gasteiger partial charge in [-0.3, -0.25) is 10.1 Å². The number of aromatic nitrogens is 1. The SMILES string of the molecule is Nc1nc([C@@H]2CCN2)ccc1[N+](=O)[O-]. The largest absolute Gasteiger partial charge is 0.378 e. The molecule has 1 aliphatic heterocycles. The second-order valence-electron chi connectivity index (χ2n) is 3.19. The molecule has 0 radical (unpaired) electrons. The van der Waals surface area contributed by atoms with Gasteiger partial charge in [0.2, 0.25) is 5.82 Å². The van der Waals surface area contributed by atoms with Crippen molar-refractivity contribution in [1.29, 1.82) is 0 Å². The summed E-state index contributed by atoms with van der Waals surface area (Å²) in [5, 5.41) is 13.6. The Morgan fingerprint density at radius 1 is 1.64 bits per heavy atom. The Labute approximate surface area is 80.3 Å². The topological polar surface area (TPSA) is 94.1 Å². The Morgan fingerprint density at radius 3 is 2.79 bits per heavy atom. The molecule has 1 saturated heterocycles. The molecule has 6 nitrogen and oxygen atoms in total. The van der Waals surface area contributed by atoms with E-state index < -0.39 is 4.92 Å². The van der Waals surface area contributed by atoms with E-state index in [4.69, 9.17) is 5.73 Å². The molecule has 74 valence electrons. The maximum absolute atomic E-state index is 10.5. The van der Waals surface area contributed by atoms with Crippen LogP contribution in [0.1, 0.15) is 18.2 Å². The highest BCUT2D eigenvalue weighted by molar-refractivity contribution is 5.52. The minimum absolute atomic E-state index is 0.0128. The lowest BCUT2D eigenvalue weighted by Crippen LogP contribution is -2.35. The maximum Gasteiger partial charge on any atom is 0.311 e. The fourth-order valence-corrected chi connectivity index (χ4v) is 1.37. The Bertz CT molecular complexity index is 376. The minimum atomic E-state index is -0.527. The van der Waals surface area contributed by atoms with Gasteiger partial charge in [0, 0.05) is 6.07 Å². The Balaban J connectivity index is 2.30. The van der Waals surface area contributed by atoms with Crippen molar-refractivity contribution in [3.8, 4) is 0 Å². The van der Waals surface area contributed by atoms with Crippen molar-refractivity contribution in [1.82, 2.24) is 10.3 Å². The summed E-state index contributed by atoms with van der Waals surface area (Å²) in [5.74, 6) is -0.0128. The van der Waals surface area contributed by atoms with E-state index in [1.54, 1.807) is 6.07 Å². The average molecular weight is 194 g/mol. The van der Waals surface area contributed by atoms with Gasteiger partial charge >= 0.3 is 5.69 Å². The van der Waals surface area contributed by atoms with Crippen LogP contribution in [0.15, 0.2) is 12.1 Å². The van der Waals surface area contributed by atoms with Gasteiger partial charge in [0.05, 0.1) is 16.7 Å². The van der Waals surface area contributed by atoms with Gasteiger partial charge in [-0.25, -0.2) is 4.98 Å². The number of nitrogens with zero attached hydrogens (tertiary/aromatic N) is 2. The molecule has 0 unspecified atom stereocenters. The first-order valence-corrected chi connectivity index (χ1v) is 4.32. The highest BCUT2D eigenvalue weighted by atomic mass is 16.6. The molecule has 1 atom stereocenters. The molecular weight excluding hydrogens is 184 g/mol. The smallest absolute Gasteiger partial charge is 0.311 e. The van der Waals surface area contributed by atoms with E-state index in [0.29, 0.717) is 0 Å². The molecular formula is C8H10N4O2. The Hall–Kier alpha value is -1.69. The van der Waals surface area contributed by atoms with Crippen LogP contribution in [0.25, 0.3) is 0 Å². The van der Waals surface area contributed by atoms with E-state index in [2.05, 4.69) is 10.3 Å². The number of nitrogens with one attached hydrogen (secondary N) is 1. The predicted molar refractivity (Wildman–Crippen MR) is 50.7 cm³/mol. The summed E-state index contributed by atoms with van der Waals surface area (Å²) in [5.41, 5.74) is 6.10. The molecule has 0 amide bonds. The minimum Gasteiger partial charge on any atom is -0.378 e. The van der Waals surface area contributed by atoms with E-state index in [1.807, 2.05) is 0 Å². The van der Waals surface area contributed by atoms with Crippen LogP contribution in [0.4, 0.5) is 11.5 Å². The summed E-state index contributed by atoms with van der Waals surface area (Å²) in [6, 6.07) is 3.25.